The molecule has 0 radical (unpaired) electrons. The molecule has 3 nitrogen and oxygen atoms in total. The Kier molecular flexibility index (Phi) is 4.74. The van der Waals surface area contributed by atoms with E-state index in [0.29, 0.717) is 26.3 Å². The van der Waals surface area contributed by atoms with E-state index in [9.17, 15) is 4.79 Å². The summed E-state index contributed by atoms with van der Waals surface area (Å²) >= 11 is 0. The van der Waals surface area contributed by atoms with Crippen LogP contribution in [0, 0.1) is 12.8 Å². The summed E-state index contributed by atoms with van der Waals surface area (Å²) in [5.41, 5.74) is 2.41. The van der Waals surface area contributed by atoms with Crippen LogP contribution in [-0.2, 0) is 16.1 Å². The third kappa shape index (κ3) is 3.44. The number of benzene rings is 1. The van der Waals surface area contributed by atoms with Crippen LogP contribution >= 0.6 is 0 Å². The maximum Gasteiger partial charge on any atom is 0.228 e. The SMILES string of the molecule is C=CCN(Cc1ccccc1C)C(=O)[C@H]1CCOC1. The molecule has 1 aromatic rings. The number of nitrogens with zero attached hydrogens (tertiary/aromatic N) is 1. The number of aryl methyl sites for hydroxylation is 1. The second-order valence-corrected chi connectivity index (χ2v) is 4.99. The largest absolute Gasteiger partial charge is 0.381 e. The monoisotopic (exact) mass is 259 g/mol. The molecule has 1 aromatic carbocycles. The summed E-state index contributed by atoms with van der Waals surface area (Å²) in [5.74, 6) is 0.199. The second kappa shape index (κ2) is 6.53. The summed E-state index contributed by atoms with van der Waals surface area (Å²) < 4.78 is 5.31. The summed E-state index contributed by atoms with van der Waals surface area (Å²) in [6.07, 6.45) is 2.62. The zero-order chi connectivity index (χ0) is 13.7. The van der Waals surface area contributed by atoms with Gasteiger partial charge in [-0.15, -0.1) is 6.58 Å². The molecule has 1 amide bonds. The lowest BCUT2D eigenvalue weighted by Crippen LogP contribution is -2.36. The van der Waals surface area contributed by atoms with Gasteiger partial charge >= 0.3 is 0 Å². The number of hydrogen-bond donors (Lipinski definition) is 0. The third-order valence-electron chi connectivity index (χ3n) is 3.56. The van der Waals surface area contributed by atoms with Gasteiger partial charge in [0.25, 0.3) is 0 Å². The Morgan fingerprint density at radius 3 is 2.95 bits per heavy atom. The molecule has 0 unspecified atom stereocenters. The highest BCUT2D eigenvalue weighted by Crippen LogP contribution is 2.18. The molecule has 1 saturated heterocycles. The molecule has 102 valence electrons. The minimum absolute atomic E-state index is 0.0176. The Balaban J connectivity index is 2.09. The molecule has 3 heteroatoms. The topological polar surface area (TPSA) is 29.5 Å². The lowest BCUT2D eigenvalue weighted by Gasteiger charge is -2.24. The number of rotatable bonds is 5. The Hall–Kier alpha value is -1.61. The number of hydrogen-bond acceptors (Lipinski definition) is 2. The highest BCUT2D eigenvalue weighted by atomic mass is 16.5. The Morgan fingerprint density at radius 1 is 1.53 bits per heavy atom. The average molecular weight is 259 g/mol. The fourth-order valence-corrected chi connectivity index (χ4v) is 2.37. The maximum atomic E-state index is 12.4. The van der Waals surface area contributed by atoms with Crippen LogP contribution in [0.2, 0.25) is 0 Å². The van der Waals surface area contributed by atoms with E-state index < -0.39 is 0 Å². The molecule has 1 heterocycles. The standard InChI is InChI=1S/C16H21NO2/c1-3-9-17(16(18)15-8-10-19-12-15)11-14-7-5-4-6-13(14)2/h3-7,15H,1,8-12H2,2H3/t15-/m0/s1. The predicted octanol–water partition coefficient (Wildman–Crippen LogP) is 2.55. The summed E-state index contributed by atoms with van der Waals surface area (Å²) in [6, 6.07) is 8.18. The molecular weight excluding hydrogens is 238 g/mol. The molecule has 19 heavy (non-hydrogen) atoms. The summed E-state index contributed by atoms with van der Waals surface area (Å²) in [6.45, 7) is 8.31. The van der Waals surface area contributed by atoms with Crippen molar-refractivity contribution in [1.82, 2.24) is 4.90 Å². The highest BCUT2D eigenvalue weighted by molar-refractivity contribution is 5.79. The van der Waals surface area contributed by atoms with Crippen molar-refractivity contribution in [3.05, 3.63) is 48.0 Å². The van der Waals surface area contributed by atoms with Gasteiger partial charge in [-0.3, -0.25) is 4.79 Å². The number of carbonyl (C=O) groups is 1. The molecule has 1 aliphatic rings. The van der Waals surface area contributed by atoms with E-state index in [4.69, 9.17) is 4.74 Å². The van der Waals surface area contributed by atoms with E-state index in [1.807, 2.05) is 17.0 Å². The molecule has 1 aliphatic heterocycles. The first-order valence-electron chi connectivity index (χ1n) is 6.74. The second-order valence-electron chi connectivity index (χ2n) is 4.99. The first kappa shape index (κ1) is 13.8. The van der Waals surface area contributed by atoms with Crippen molar-refractivity contribution in [1.29, 1.82) is 0 Å². The third-order valence-corrected chi connectivity index (χ3v) is 3.56. The van der Waals surface area contributed by atoms with E-state index in [2.05, 4.69) is 25.6 Å². The molecule has 0 spiro atoms. The smallest absolute Gasteiger partial charge is 0.228 e. The molecule has 2 rings (SSSR count). The fourth-order valence-electron chi connectivity index (χ4n) is 2.37. The predicted molar refractivity (Wildman–Crippen MR) is 75.7 cm³/mol. The van der Waals surface area contributed by atoms with Crippen molar-refractivity contribution in [2.75, 3.05) is 19.8 Å². The molecule has 1 atom stereocenters. The van der Waals surface area contributed by atoms with Gasteiger partial charge in [0.05, 0.1) is 12.5 Å². The van der Waals surface area contributed by atoms with Crippen LogP contribution < -0.4 is 0 Å². The summed E-state index contributed by atoms with van der Waals surface area (Å²) in [4.78, 5) is 14.3. The van der Waals surface area contributed by atoms with Crippen molar-refractivity contribution in [3.63, 3.8) is 0 Å². The lowest BCUT2D eigenvalue weighted by atomic mass is 10.1. The van der Waals surface area contributed by atoms with Gasteiger partial charge in [-0.25, -0.2) is 0 Å². The fraction of sp³-hybridized carbons (Fsp3) is 0.438. The van der Waals surface area contributed by atoms with Crippen molar-refractivity contribution in [2.24, 2.45) is 5.92 Å². The van der Waals surface area contributed by atoms with Crippen molar-refractivity contribution in [3.8, 4) is 0 Å². The Morgan fingerprint density at radius 2 is 2.32 bits per heavy atom. The number of ether oxygens (including phenoxy) is 1. The van der Waals surface area contributed by atoms with Gasteiger partial charge in [0.2, 0.25) is 5.91 Å². The Labute approximate surface area is 114 Å². The average Bonchev–Trinajstić information content (AvgIpc) is 2.94. The van der Waals surface area contributed by atoms with E-state index in [-0.39, 0.29) is 11.8 Å². The van der Waals surface area contributed by atoms with Crippen LogP contribution in [-0.4, -0.2) is 30.6 Å². The molecular formula is C16H21NO2. The summed E-state index contributed by atoms with van der Waals surface area (Å²) in [5, 5.41) is 0. The van der Waals surface area contributed by atoms with Crippen LogP contribution in [0.3, 0.4) is 0 Å². The van der Waals surface area contributed by atoms with Crippen LogP contribution in [0.15, 0.2) is 36.9 Å². The van der Waals surface area contributed by atoms with Gasteiger partial charge in [-0.2, -0.15) is 0 Å². The van der Waals surface area contributed by atoms with Crippen LogP contribution in [0.5, 0.6) is 0 Å². The van der Waals surface area contributed by atoms with Crippen LogP contribution in [0.1, 0.15) is 17.5 Å². The lowest BCUT2D eigenvalue weighted by molar-refractivity contribution is -0.135. The molecule has 0 aliphatic carbocycles. The van der Waals surface area contributed by atoms with E-state index in [0.717, 1.165) is 6.42 Å². The number of carbonyl (C=O) groups excluding carboxylic acids is 1. The summed E-state index contributed by atoms with van der Waals surface area (Å²) in [7, 11) is 0. The zero-order valence-electron chi connectivity index (χ0n) is 11.5. The maximum absolute atomic E-state index is 12.4. The van der Waals surface area contributed by atoms with Gasteiger partial charge < -0.3 is 9.64 Å². The zero-order valence-corrected chi connectivity index (χ0v) is 11.5. The van der Waals surface area contributed by atoms with Crippen LogP contribution in [0.25, 0.3) is 0 Å². The van der Waals surface area contributed by atoms with Gasteiger partial charge in [0.15, 0.2) is 0 Å². The van der Waals surface area contributed by atoms with E-state index >= 15 is 0 Å². The highest BCUT2D eigenvalue weighted by Gasteiger charge is 2.27. The van der Waals surface area contributed by atoms with E-state index in [1.54, 1.807) is 6.08 Å². The first-order valence-corrected chi connectivity index (χ1v) is 6.74. The quantitative estimate of drug-likeness (QED) is 0.761. The molecule has 0 saturated carbocycles. The van der Waals surface area contributed by atoms with Crippen molar-refractivity contribution >= 4 is 5.91 Å². The first-order chi connectivity index (χ1) is 9.22. The molecule has 0 N–H and O–H groups in total. The van der Waals surface area contributed by atoms with Gasteiger partial charge in [-0.05, 0) is 24.5 Å². The van der Waals surface area contributed by atoms with Gasteiger partial charge in [-0.1, -0.05) is 30.3 Å². The van der Waals surface area contributed by atoms with Gasteiger partial charge in [0.1, 0.15) is 0 Å². The minimum atomic E-state index is 0.0176. The molecule has 0 bridgehead atoms. The molecule has 0 aromatic heterocycles. The number of amides is 1. The van der Waals surface area contributed by atoms with E-state index in [1.165, 1.54) is 11.1 Å². The Bertz CT molecular complexity index is 450. The normalized spacial score (nSPS) is 18.3. The minimum Gasteiger partial charge on any atom is -0.381 e. The molecule has 1 fully saturated rings. The van der Waals surface area contributed by atoms with Crippen LogP contribution in [0.4, 0.5) is 0 Å². The van der Waals surface area contributed by atoms with Crippen molar-refractivity contribution < 1.29 is 9.53 Å². The van der Waals surface area contributed by atoms with Gasteiger partial charge in [0, 0.05) is 19.7 Å². The van der Waals surface area contributed by atoms with Crippen molar-refractivity contribution in [2.45, 2.75) is 19.9 Å².